The largest absolute Gasteiger partial charge is 0.289 e. The molecule has 4 nitrogen and oxygen atoms in total. The minimum Gasteiger partial charge on any atom is -0.289 e. The fraction of sp³-hybridized carbons (Fsp3) is 0.118. The molecule has 0 fully saturated rings. The molecule has 0 N–H and O–H groups in total. The number of rotatable bonds is 2. The van der Waals surface area contributed by atoms with Crippen molar-refractivity contribution in [1.82, 2.24) is 0 Å². The zero-order chi connectivity index (χ0) is 16.6. The molecule has 1 aliphatic heterocycles. The lowest BCUT2D eigenvalue weighted by Gasteiger charge is -2.31. The van der Waals surface area contributed by atoms with E-state index < -0.39 is 10.0 Å². The number of allylic oxidation sites excluding steroid dienone is 1. The Morgan fingerprint density at radius 1 is 1.09 bits per heavy atom. The van der Waals surface area contributed by atoms with Crippen molar-refractivity contribution in [1.29, 1.82) is 0 Å². The Morgan fingerprint density at radius 2 is 1.74 bits per heavy atom. The van der Waals surface area contributed by atoms with E-state index in [4.69, 9.17) is 11.6 Å². The summed E-state index contributed by atoms with van der Waals surface area (Å²) in [6.45, 7) is 1.76. The van der Waals surface area contributed by atoms with Crippen LogP contribution in [0.5, 0.6) is 0 Å². The molecule has 118 valence electrons. The van der Waals surface area contributed by atoms with Gasteiger partial charge in [0.1, 0.15) is 0 Å². The number of benzene rings is 2. The molecule has 0 saturated carbocycles. The molecule has 1 heterocycles. The highest BCUT2D eigenvalue weighted by Gasteiger charge is 2.34. The molecule has 3 rings (SSSR count). The number of fused-ring (bicyclic) bond motifs is 1. The number of carbonyl (C=O) groups is 1. The monoisotopic (exact) mass is 347 g/mol. The lowest BCUT2D eigenvalue weighted by molar-refractivity contribution is 0.103. The van der Waals surface area contributed by atoms with Crippen LogP contribution in [0.2, 0.25) is 5.02 Å². The van der Waals surface area contributed by atoms with Crippen LogP contribution in [0.3, 0.4) is 0 Å². The first-order valence-corrected chi connectivity index (χ1v) is 8.84. The number of para-hydroxylation sites is 1. The van der Waals surface area contributed by atoms with Crippen LogP contribution >= 0.6 is 11.6 Å². The Kier molecular flexibility index (Phi) is 4.00. The van der Waals surface area contributed by atoms with Crippen molar-refractivity contribution < 1.29 is 13.2 Å². The molecule has 0 saturated heterocycles. The van der Waals surface area contributed by atoms with Gasteiger partial charge in [0.05, 0.1) is 17.1 Å². The quantitative estimate of drug-likeness (QED) is 0.779. The van der Waals surface area contributed by atoms with Gasteiger partial charge in [0, 0.05) is 16.2 Å². The summed E-state index contributed by atoms with van der Waals surface area (Å²) in [6, 6.07) is 12.7. The summed E-state index contributed by atoms with van der Waals surface area (Å²) in [7, 11) is -3.78. The van der Waals surface area contributed by atoms with Gasteiger partial charge in [0.25, 0.3) is 10.0 Å². The molecule has 0 aliphatic carbocycles. The SMILES string of the molecule is C/C=C1\CN(S(=O)(=O)c2ccc(Cl)cc2)c2ccccc2C1=O. The Hall–Kier alpha value is -2.11. The predicted molar refractivity (Wildman–Crippen MR) is 90.5 cm³/mol. The van der Waals surface area contributed by atoms with E-state index in [0.29, 0.717) is 21.8 Å². The zero-order valence-corrected chi connectivity index (χ0v) is 13.9. The van der Waals surface area contributed by atoms with Gasteiger partial charge in [-0.15, -0.1) is 0 Å². The van der Waals surface area contributed by atoms with Gasteiger partial charge >= 0.3 is 0 Å². The minimum absolute atomic E-state index is 0.0251. The molecule has 6 heteroatoms. The Bertz CT molecular complexity index is 902. The van der Waals surface area contributed by atoms with Crippen molar-refractivity contribution in [2.24, 2.45) is 0 Å². The molecule has 2 aromatic rings. The topological polar surface area (TPSA) is 54.5 Å². The number of halogens is 1. The number of sulfonamides is 1. The van der Waals surface area contributed by atoms with E-state index in [2.05, 4.69) is 0 Å². The lowest BCUT2D eigenvalue weighted by Crippen LogP contribution is -2.38. The van der Waals surface area contributed by atoms with E-state index in [1.54, 1.807) is 37.3 Å². The summed E-state index contributed by atoms with van der Waals surface area (Å²) in [5.41, 5.74) is 1.25. The van der Waals surface area contributed by atoms with E-state index in [0.717, 1.165) is 0 Å². The maximum Gasteiger partial charge on any atom is 0.264 e. The van der Waals surface area contributed by atoms with E-state index >= 15 is 0 Å². The number of nitrogens with zero attached hydrogens (tertiary/aromatic N) is 1. The maximum absolute atomic E-state index is 13.0. The van der Waals surface area contributed by atoms with Crippen LogP contribution < -0.4 is 4.31 Å². The highest BCUT2D eigenvalue weighted by atomic mass is 35.5. The predicted octanol–water partition coefficient (Wildman–Crippen LogP) is 3.68. The molecule has 0 unspecified atom stereocenters. The van der Waals surface area contributed by atoms with E-state index in [9.17, 15) is 13.2 Å². The second-order valence-corrected chi connectivity index (χ2v) is 7.42. The van der Waals surface area contributed by atoms with E-state index in [1.165, 1.54) is 28.6 Å². The second-order valence-electron chi connectivity index (χ2n) is 5.13. The maximum atomic E-state index is 13.0. The Labute approximate surface area is 140 Å². The highest BCUT2D eigenvalue weighted by molar-refractivity contribution is 7.92. The molecular formula is C17H14ClNO3S. The molecule has 1 aliphatic rings. The molecule has 2 aromatic carbocycles. The van der Waals surface area contributed by atoms with E-state index in [-0.39, 0.29) is 17.2 Å². The average molecular weight is 348 g/mol. The molecule has 23 heavy (non-hydrogen) atoms. The molecule has 0 radical (unpaired) electrons. The summed E-state index contributed by atoms with van der Waals surface area (Å²) in [6.07, 6.45) is 1.66. The standard InChI is InChI=1S/C17H14ClNO3S/c1-2-12-11-19(16-6-4-3-5-15(16)17(12)20)23(21,22)14-9-7-13(18)8-10-14/h2-10H,11H2,1H3/b12-2+. The first kappa shape index (κ1) is 15.8. The number of hydrogen-bond acceptors (Lipinski definition) is 3. The van der Waals surface area contributed by atoms with Gasteiger partial charge in [-0.2, -0.15) is 0 Å². The summed E-state index contributed by atoms with van der Waals surface area (Å²) < 4.78 is 27.2. The highest BCUT2D eigenvalue weighted by Crippen LogP contribution is 2.33. The average Bonchev–Trinajstić information content (AvgIpc) is 2.55. The second kappa shape index (κ2) is 5.83. The van der Waals surface area contributed by atoms with Crippen LogP contribution in [0, 0.1) is 0 Å². The summed E-state index contributed by atoms with van der Waals surface area (Å²) >= 11 is 5.83. The molecule has 0 spiro atoms. The first-order valence-electron chi connectivity index (χ1n) is 7.02. The lowest BCUT2D eigenvalue weighted by atomic mass is 9.97. The van der Waals surface area contributed by atoms with Crippen LogP contribution in [0.1, 0.15) is 17.3 Å². The summed E-state index contributed by atoms with van der Waals surface area (Å²) in [5, 5.41) is 0.465. The third-order valence-corrected chi connectivity index (χ3v) is 5.80. The van der Waals surface area contributed by atoms with Gasteiger partial charge < -0.3 is 0 Å². The molecular weight excluding hydrogens is 334 g/mol. The van der Waals surface area contributed by atoms with Gasteiger partial charge in [-0.1, -0.05) is 29.8 Å². The zero-order valence-electron chi connectivity index (χ0n) is 12.4. The van der Waals surface area contributed by atoms with Crippen molar-refractivity contribution in [2.45, 2.75) is 11.8 Å². The Morgan fingerprint density at radius 3 is 2.39 bits per heavy atom. The van der Waals surface area contributed by atoms with Crippen LogP contribution in [0.4, 0.5) is 5.69 Å². The number of anilines is 1. The van der Waals surface area contributed by atoms with Gasteiger partial charge in [-0.25, -0.2) is 8.42 Å². The summed E-state index contributed by atoms with van der Waals surface area (Å²) in [5.74, 6) is -0.134. The fourth-order valence-electron chi connectivity index (χ4n) is 2.54. The van der Waals surface area contributed by atoms with Crippen LogP contribution in [0.15, 0.2) is 65.1 Å². The normalized spacial score (nSPS) is 16.5. The number of hydrogen-bond donors (Lipinski definition) is 0. The van der Waals surface area contributed by atoms with Gasteiger partial charge in [-0.05, 0) is 43.3 Å². The Balaban J connectivity index is 2.17. The first-order chi connectivity index (χ1) is 10.9. The minimum atomic E-state index is -3.78. The fourth-order valence-corrected chi connectivity index (χ4v) is 4.13. The third-order valence-electron chi connectivity index (χ3n) is 3.77. The molecule has 0 bridgehead atoms. The number of Topliss-reactive ketones (excluding diaryl/α,β-unsaturated/α-hetero) is 1. The van der Waals surface area contributed by atoms with Gasteiger partial charge in [0.2, 0.25) is 0 Å². The molecule has 0 atom stereocenters. The van der Waals surface area contributed by atoms with Crippen molar-refractivity contribution in [3.05, 3.63) is 70.8 Å². The van der Waals surface area contributed by atoms with Crippen LogP contribution in [0.25, 0.3) is 0 Å². The smallest absolute Gasteiger partial charge is 0.264 e. The number of carbonyl (C=O) groups excluding carboxylic acids is 1. The molecule has 0 aromatic heterocycles. The van der Waals surface area contributed by atoms with Crippen molar-refractivity contribution in [3.63, 3.8) is 0 Å². The van der Waals surface area contributed by atoms with Gasteiger partial charge in [0.15, 0.2) is 5.78 Å². The van der Waals surface area contributed by atoms with Crippen LogP contribution in [-0.4, -0.2) is 20.7 Å². The van der Waals surface area contributed by atoms with Crippen LogP contribution in [-0.2, 0) is 10.0 Å². The molecule has 0 amide bonds. The van der Waals surface area contributed by atoms with Crippen molar-refractivity contribution in [3.8, 4) is 0 Å². The third kappa shape index (κ3) is 2.66. The summed E-state index contributed by atoms with van der Waals surface area (Å²) in [4.78, 5) is 12.5. The van der Waals surface area contributed by atoms with Gasteiger partial charge in [-0.3, -0.25) is 9.10 Å². The van der Waals surface area contributed by atoms with Crippen molar-refractivity contribution in [2.75, 3.05) is 10.8 Å². The van der Waals surface area contributed by atoms with E-state index in [1.807, 2.05) is 0 Å². The number of ketones is 1. The van der Waals surface area contributed by atoms with Crippen molar-refractivity contribution >= 4 is 33.1 Å².